The van der Waals surface area contributed by atoms with Gasteiger partial charge in [-0.05, 0) is 40.3 Å². The summed E-state index contributed by atoms with van der Waals surface area (Å²) in [5.41, 5.74) is 1.15. The fourth-order valence-electron chi connectivity index (χ4n) is 2.08. The number of thiophene rings is 1. The maximum Gasteiger partial charge on any atom is 0.0868 e. The van der Waals surface area contributed by atoms with Crippen molar-refractivity contribution in [3.05, 3.63) is 37.7 Å². The Kier molecular flexibility index (Phi) is 5.45. The van der Waals surface area contributed by atoms with Gasteiger partial charge in [0.2, 0.25) is 0 Å². The highest BCUT2D eigenvalue weighted by Gasteiger charge is 2.24. The third-order valence-electron chi connectivity index (χ3n) is 2.86. The van der Waals surface area contributed by atoms with Gasteiger partial charge in [0.05, 0.1) is 27.4 Å². The quantitative estimate of drug-likeness (QED) is 0.821. The van der Waals surface area contributed by atoms with Crippen LogP contribution in [0.25, 0.3) is 0 Å². The molecule has 0 spiro atoms. The fourth-order valence-corrected chi connectivity index (χ4v) is 3.85. The van der Waals surface area contributed by atoms with E-state index < -0.39 is 0 Å². The summed E-state index contributed by atoms with van der Waals surface area (Å²) in [4.78, 5) is 1.14. The largest absolute Gasteiger partial charge is 0.305 e. The SMILES string of the molecule is CCCn1ncc(Br)c1C(NCC)c1sccc1Cl. The Morgan fingerprint density at radius 2 is 2.32 bits per heavy atom. The molecule has 0 aliphatic carbocycles. The first kappa shape index (κ1) is 15.0. The molecule has 0 amide bonds. The van der Waals surface area contributed by atoms with Gasteiger partial charge in [0.1, 0.15) is 0 Å². The Labute approximate surface area is 131 Å². The number of halogens is 2. The van der Waals surface area contributed by atoms with E-state index in [1.165, 1.54) is 0 Å². The zero-order valence-electron chi connectivity index (χ0n) is 11.0. The van der Waals surface area contributed by atoms with Crippen LogP contribution in [0.4, 0.5) is 0 Å². The Morgan fingerprint density at radius 3 is 2.89 bits per heavy atom. The standard InChI is InChI=1S/C13H17BrClN3S/c1-3-6-18-12(9(14)8-17-18)11(16-4-2)13-10(15)5-7-19-13/h5,7-8,11,16H,3-4,6H2,1-2H3. The molecule has 2 aromatic heterocycles. The summed E-state index contributed by atoms with van der Waals surface area (Å²) in [6, 6.07) is 2.03. The van der Waals surface area contributed by atoms with Crippen molar-refractivity contribution in [3.8, 4) is 0 Å². The minimum atomic E-state index is 0.0842. The van der Waals surface area contributed by atoms with Gasteiger partial charge in [-0.1, -0.05) is 25.4 Å². The van der Waals surface area contributed by atoms with Crippen LogP contribution in [-0.2, 0) is 6.54 Å². The topological polar surface area (TPSA) is 29.9 Å². The van der Waals surface area contributed by atoms with E-state index >= 15 is 0 Å². The predicted molar refractivity (Wildman–Crippen MR) is 85.1 cm³/mol. The molecule has 0 fully saturated rings. The second-order valence-corrected chi connectivity index (χ2v) is 6.43. The van der Waals surface area contributed by atoms with Gasteiger partial charge in [-0.25, -0.2) is 0 Å². The van der Waals surface area contributed by atoms with Gasteiger partial charge in [0.25, 0.3) is 0 Å². The van der Waals surface area contributed by atoms with Gasteiger partial charge in [-0.15, -0.1) is 11.3 Å². The molecule has 6 heteroatoms. The minimum absolute atomic E-state index is 0.0842. The monoisotopic (exact) mass is 361 g/mol. The lowest BCUT2D eigenvalue weighted by atomic mass is 10.1. The zero-order chi connectivity index (χ0) is 13.8. The van der Waals surface area contributed by atoms with Crippen molar-refractivity contribution in [3.63, 3.8) is 0 Å². The van der Waals surface area contributed by atoms with E-state index in [0.717, 1.165) is 39.6 Å². The second kappa shape index (κ2) is 6.88. The molecule has 0 bridgehead atoms. The highest BCUT2D eigenvalue weighted by atomic mass is 79.9. The highest BCUT2D eigenvalue weighted by Crippen LogP contribution is 2.35. The third kappa shape index (κ3) is 3.21. The Hall–Kier alpha value is -0.360. The predicted octanol–water partition coefficient (Wildman–Crippen LogP) is 4.47. The molecule has 1 N–H and O–H groups in total. The summed E-state index contributed by atoms with van der Waals surface area (Å²) < 4.78 is 3.07. The van der Waals surface area contributed by atoms with E-state index in [-0.39, 0.29) is 6.04 Å². The summed E-state index contributed by atoms with van der Waals surface area (Å²) >= 11 is 11.6. The van der Waals surface area contributed by atoms with Crippen molar-refractivity contribution >= 4 is 38.9 Å². The molecular weight excluding hydrogens is 346 g/mol. The molecule has 0 radical (unpaired) electrons. The lowest BCUT2D eigenvalue weighted by Crippen LogP contribution is -2.24. The van der Waals surface area contributed by atoms with Crippen LogP contribution in [0.2, 0.25) is 5.02 Å². The van der Waals surface area contributed by atoms with Crippen LogP contribution in [0.3, 0.4) is 0 Å². The van der Waals surface area contributed by atoms with Crippen LogP contribution in [0.1, 0.15) is 36.9 Å². The lowest BCUT2D eigenvalue weighted by molar-refractivity contribution is 0.523. The van der Waals surface area contributed by atoms with E-state index in [9.17, 15) is 0 Å². The molecule has 1 unspecified atom stereocenters. The Bertz CT molecular complexity index is 538. The number of hydrogen-bond acceptors (Lipinski definition) is 3. The van der Waals surface area contributed by atoms with E-state index in [1.807, 2.05) is 22.3 Å². The molecule has 2 heterocycles. The lowest BCUT2D eigenvalue weighted by Gasteiger charge is -2.19. The molecule has 104 valence electrons. The summed E-state index contributed by atoms with van der Waals surface area (Å²) in [7, 11) is 0. The summed E-state index contributed by atoms with van der Waals surface area (Å²) in [5.74, 6) is 0. The summed E-state index contributed by atoms with van der Waals surface area (Å²) in [6.07, 6.45) is 2.91. The minimum Gasteiger partial charge on any atom is -0.305 e. The maximum absolute atomic E-state index is 6.29. The third-order valence-corrected chi connectivity index (χ3v) is 4.89. The fraction of sp³-hybridized carbons (Fsp3) is 0.462. The Balaban J connectivity index is 2.44. The van der Waals surface area contributed by atoms with Crippen LogP contribution in [0, 0.1) is 0 Å². The van der Waals surface area contributed by atoms with Crippen LogP contribution in [0.5, 0.6) is 0 Å². The number of rotatable bonds is 6. The first-order valence-corrected chi connectivity index (χ1v) is 8.41. The summed E-state index contributed by atoms with van der Waals surface area (Å²) in [5, 5.41) is 10.8. The van der Waals surface area contributed by atoms with Gasteiger partial charge >= 0.3 is 0 Å². The molecule has 0 saturated carbocycles. The van der Waals surface area contributed by atoms with Crippen molar-refractivity contribution in [1.29, 1.82) is 0 Å². The van der Waals surface area contributed by atoms with Gasteiger partial charge in [0, 0.05) is 11.4 Å². The zero-order valence-corrected chi connectivity index (χ0v) is 14.1. The van der Waals surface area contributed by atoms with Gasteiger partial charge in [-0.3, -0.25) is 4.68 Å². The van der Waals surface area contributed by atoms with Crippen molar-refractivity contribution in [1.82, 2.24) is 15.1 Å². The molecule has 0 aromatic carbocycles. The average molecular weight is 363 g/mol. The van der Waals surface area contributed by atoms with E-state index in [1.54, 1.807) is 11.3 Å². The maximum atomic E-state index is 6.29. The molecule has 0 aliphatic rings. The van der Waals surface area contributed by atoms with Gasteiger partial charge < -0.3 is 5.32 Å². The molecule has 0 aliphatic heterocycles. The summed E-state index contributed by atoms with van der Waals surface area (Å²) in [6.45, 7) is 6.04. The number of aryl methyl sites for hydroxylation is 1. The second-order valence-electron chi connectivity index (χ2n) is 4.22. The van der Waals surface area contributed by atoms with Crippen molar-refractivity contribution in [2.75, 3.05) is 6.54 Å². The van der Waals surface area contributed by atoms with E-state index in [2.05, 4.69) is 40.2 Å². The molecule has 19 heavy (non-hydrogen) atoms. The van der Waals surface area contributed by atoms with Crippen molar-refractivity contribution in [2.24, 2.45) is 0 Å². The number of hydrogen-bond donors (Lipinski definition) is 1. The number of aromatic nitrogens is 2. The first-order valence-electron chi connectivity index (χ1n) is 6.36. The van der Waals surface area contributed by atoms with Crippen LogP contribution in [-0.4, -0.2) is 16.3 Å². The molecule has 1 atom stereocenters. The first-order chi connectivity index (χ1) is 9.19. The van der Waals surface area contributed by atoms with Crippen molar-refractivity contribution in [2.45, 2.75) is 32.9 Å². The van der Waals surface area contributed by atoms with Crippen LogP contribution >= 0.6 is 38.9 Å². The van der Waals surface area contributed by atoms with Crippen LogP contribution < -0.4 is 5.32 Å². The van der Waals surface area contributed by atoms with E-state index in [0.29, 0.717) is 0 Å². The van der Waals surface area contributed by atoms with E-state index in [4.69, 9.17) is 11.6 Å². The highest BCUT2D eigenvalue weighted by molar-refractivity contribution is 9.10. The number of nitrogens with zero attached hydrogens (tertiary/aromatic N) is 2. The van der Waals surface area contributed by atoms with Gasteiger partial charge in [0.15, 0.2) is 0 Å². The van der Waals surface area contributed by atoms with Crippen LogP contribution in [0.15, 0.2) is 22.1 Å². The van der Waals surface area contributed by atoms with Gasteiger partial charge in [-0.2, -0.15) is 5.10 Å². The van der Waals surface area contributed by atoms with Crippen molar-refractivity contribution < 1.29 is 0 Å². The smallest absolute Gasteiger partial charge is 0.0868 e. The molecule has 0 saturated heterocycles. The molecule has 3 nitrogen and oxygen atoms in total. The average Bonchev–Trinajstić information content (AvgIpc) is 2.95. The molecule has 2 rings (SSSR count). The normalized spacial score (nSPS) is 12.8. The molecule has 2 aromatic rings. The Morgan fingerprint density at radius 1 is 1.53 bits per heavy atom. The molecular formula is C13H17BrClN3S. The number of nitrogens with one attached hydrogen (secondary N) is 1.